The van der Waals surface area contributed by atoms with E-state index in [0.29, 0.717) is 55.2 Å². The SMILES string of the molecule is COc1cc(Cl)c(C)cc1NC(=O)CN1CCN(C(=O)OCC(C)C)CC1. The molecule has 0 aliphatic carbocycles. The molecule has 0 atom stereocenters. The van der Waals surface area contributed by atoms with Crippen LogP contribution in [0.25, 0.3) is 0 Å². The molecule has 1 aliphatic heterocycles. The number of nitrogens with zero attached hydrogens (tertiary/aromatic N) is 2. The summed E-state index contributed by atoms with van der Waals surface area (Å²) in [7, 11) is 1.54. The lowest BCUT2D eigenvalue weighted by molar-refractivity contribution is -0.117. The van der Waals surface area contributed by atoms with Gasteiger partial charge in [0, 0.05) is 37.3 Å². The van der Waals surface area contributed by atoms with Crippen molar-refractivity contribution in [3.8, 4) is 5.75 Å². The minimum Gasteiger partial charge on any atom is -0.495 e. The van der Waals surface area contributed by atoms with Crippen LogP contribution in [0.5, 0.6) is 5.75 Å². The molecule has 0 spiro atoms. The average molecular weight is 398 g/mol. The number of hydrogen-bond donors (Lipinski definition) is 1. The second kappa shape index (κ2) is 9.80. The molecule has 7 nitrogen and oxygen atoms in total. The zero-order valence-electron chi connectivity index (χ0n) is 16.4. The first-order valence-electron chi connectivity index (χ1n) is 9.08. The molecule has 1 aromatic rings. The maximum absolute atomic E-state index is 12.4. The molecule has 1 aromatic carbocycles. The fourth-order valence-corrected chi connectivity index (χ4v) is 2.89. The topological polar surface area (TPSA) is 71.1 Å². The van der Waals surface area contributed by atoms with Crippen molar-refractivity contribution in [2.45, 2.75) is 20.8 Å². The first kappa shape index (κ1) is 21.3. The second-order valence-corrected chi connectivity index (χ2v) is 7.49. The molecule has 2 amide bonds. The first-order valence-corrected chi connectivity index (χ1v) is 9.46. The number of piperazine rings is 1. The molecule has 1 N–H and O–H groups in total. The largest absolute Gasteiger partial charge is 0.495 e. The van der Waals surface area contributed by atoms with Gasteiger partial charge in [0.25, 0.3) is 0 Å². The van der Waals surface area contributed by atoms with Crippen molar-refractivity contribution in [1.29, 1.82) is 0 Å². The summed E-state index contributed by atoms with van der Waals surface area (Å²) in [5.41, 5.74) is 1.46. The first-order chi connectivity index (χ1) is 12.8. The van der Waals surface area contributed by atoms with Gasteiger partial charge in [-0.05, 0) is 24.5 Å². The van der Waals surface area contributed by atoms with E-state index >= 15 is 0 Å². The van der Waals surface area contributed by atoms with E-state index in [-0.39, 0.29) is 18.5 Å². The fraction of sp³-hybridized carbons (Fsp3) is 0.579. The zero-order chi connectivity index (χ0) is 20.0. The van der Waals surface area contributed by atoms with Crippen molar-refractivity contribution in [2.75, 3.05) is 51.8 Å². The van der Waals surface area contributed by atoms with Gasteiger partial charge in [-0.3, -0.25) is 9.69 Å². The molecule has 150 valence electrons. The van der Waals surface area contributed by atoms with Crippen molar-refractivity contribution in [2.24, 2.45) is 5.92 Å². The van der Waals surface area contributed by atoms with Gasteiger partial charge in [-0.25, -0.2) is 4.79 Å². The number of hydrogen-bond acceptors (Lipinski definition) is 5. The van der Waals surface area contributed by atoms with Crippen LogP contribution in [0, 0.1) is 12.8 Å². The number of ether oxygens (including phenoxy) is 2. The van der Waals surface area contributed by atoms with E-state index in [1.165, 1.54) is 7.11 Å². The van der Waals surface area contributed by atoms with E-state index in [1.807, 2.05) is 25.7 Å². The molecular weight excluding hydrogens is 370 g/mol. The van der Waals surface area contributed by atoms with E-state index in [9.17, 15) is 9.59 Å². The highest BCUT2D eigenvalue weighted by atomic mass is 35.5. The molecule has 8 heteroatoms. The van der Waals surface area contributed by atoms with Crippen LogP contribution in [0.3, 0.4) is 0 Å². The Morgan fingerprint density at radius 2 is 1.89 bits per heavy atom. The zero-order valence-corrected chi connectivity index (χ0v) is 17.1. The van der Waals surface area contributed by atoms with Crippen molar-refractivity contribution in [3.05, 3.63) is 22.7 Å². The van der Waals surface area contributed by atoms with Crippen molar-refractivity contribution < 1.29 is 19.1 Å². The van der Waals surface area contributed by atoms with Crippen LogP contribution in [-0.4, -0.2) is 68.2 Å². The second-order valence-electron chi connectivity index (χ2n) is 7.08. The predicted molar refractivity (Wildman–Crippen MR) is 106 cm³/mol. The Morgan fingerprint density at radius 3 is 2.48 bits per heavy atom. The molecule has 1 heterocycles. The molecule has 1 aliphatic rings. The summed E-state index contributed by atoms with van der Waals surface area (Å²) < 4.78 is 10.5. The third-order valence-corrected chi connectivity index (χ3v) is 4.70. The van der Waals surface area contributed by atoms with Crippen LogP contribution in [0.2, 0.25) is 5.02 Å². The van der Waals surface area contributed by atoms with Crippen LogP contribution in [-0.2, 0) is 9.53 Å². The minimum absolute atomic E-state index is 0.133. The van der Waals surface area contributed by atoms with E-state index in [1.54, 1.807) is 17.0 Å². The van der Waals surface area contributed by atoms with Gasteiger partial charge in [-0.15, -0.1) is 0 Å². The minimum atomic E-state index is -0.283. The van der Waals surface area contributed by atoms with Crippen LogP contribution >= 0.6 is 11.6 Å². The summed E-state index contributed by atoms with van der Waals surface area (Å²) in [6.07, 6.45) is -0.283. The Bertz CT molecular complexity index is 673. The molecule has 0 bridgehead atoms. The lowest BCUT2D eigenvalue weighted by Gasteiger charge is -2.33. The van der Waals surface area contributed by atoms with Crippen LogP contribution in [0.4, 0.5) is 10.5 Å². The Balaban J connectivity index is 1.83. The number of methoxy groups -OCH3 is 1. The lowest BCUT2D eigenvalue weighted by atomic mass is 10.2. The Hall–Kier alpha value is -1.99. The number of nitrogens with one attached hydrogen (secondary N) is 1. The van der Waals surface area contributed by atoms with Crippen molar-refractivity contribution >= 4 is 29.3 Å². The molecule has 1 fully saturated rings. The summed E-state index contributed by atoms with van der Waals surface area (Å²) in [6.45, 7) is 8.89. The summed E-state index contributed by atoms with van der Waals surface area (Å²) in [4.78, 5) is 28.1. The van der Waals surface area contributed by atoms with E-state index in [0.717, 1.165) is 5.56 Å². The number of halogens is 1. The van der Waals surface area contributed by atoms with Gasteiger partial charge < -0.3 is 19.7 Å². The standard InChI is InChI=1S/C19H28ClN3O4/c1-13(2)12-27-19(25)23-7-5-22(6-8-23)11-18(24)21-16-9-14(3)15(20)10-17(16)26-4/h9-10,13H,5-8,11-12H2,1-4H3,(H,21,24). The number of aryl methyl sites for hydroxylation is 1. The summed E-state index contributed by atoms with van der Waals surface area (Å²) >= 11 is 6.09. The third-order valence-electron chi connectivity index (χ3n) is 4.29. The molecule has 0 saturated carbocycles. The number of amides is 2. The highest BCUT2D eigenvalue weighted by Gasteiger charge is 2.23. The normalized spacial score (nSPS) is 15.0. The Morgan fingerprint density at radius 1 is 1.22 bits per heavy atom. The highest BCUT2D eigenvalue weighted by molar-refractivity contribution is 6.31. The maximum atomic E-state index is 12.4. The van der Waals surface area contributed by atoms with Gasteiger partial charge in [0.15, 0.2) is 0 Å². The molecule has 0 aromatic heterocycles. The molecule has 1 saturated heterocycles. The van der Waals surface area contributed by atoms with Crippen LogP contribution < -0.4 is 10.1 Å². The number of carbonyl (C=O) groups excluding carboxylic acids is 2. The number of rotatable bonds is 6. The van der Waals surface area contributed by atoms with E-state index in [4.69, 9.17) is 21.1 Å². The van der Waals surface area contributed by atoms with Crippen LogP contribution in [0.1, 0.15) is 19.4 Å². The van der Waals surface area contributed by atoms with Gasteiger partial charge in [0.05, 0.1) is 25.9 Å². The van der Waals surface area contributed by atoms with Gasteiger partial charge in [-0.1, -0.05) is 25.4 Å². The van der Waals surface area contributed by atoms with Gasteiger partial charge in [0.1, 0.15) is 5.75 Å². The molecule has 2 rings (SSSR count). The summed E-state index contributed by atoms with van der Waals surface area (Å²) in [5.74, 6) is 0.704. The Labute approximate surface area is 165 Å². The quantitative estimate of drug-likeness (QED) is 0.798. The summed E-state index contributed by atoms with van der Waals surface area (Å²) in [5, 5.41) is 3.46. The van der Waals surface area contributed by atoms with E-state index in [2.05, 4.69) is 5.32 Å². The smallest absolute Gasteiger partial charge is 0.409 e. The van der Waals surface area contributed by atoms with E-state index < -0.39 is 0 Å². The summed E-state index contributed by atoms with van der Waals surface area (Å²) in [6, 6.07) is 3.48. The molecule has 0 radical (unpaired) electrons. The fourth-order valence-electron chi connectivity index (χ4n) is 2.74. The molecule has 27 heavy (non-hydrogen) atoms. The predicted octanol–water partition coefficient (Wildman–Crippen LogP) is 3.01. The van der Waals surface area contributed by atoms with Gasteiger partial charge in [-0.2, -0.15) is 0 Å². The van der Waals surface area contributed by atoms with Crippen molar-refractivity contribution in [1.82, 2.24) is 9.80 Å². The lowest BCUT2D eigenvalue weighted by Crippen LogP contribution is -2.50. The molecular formula is C19H28ClN3O4. The van der Waals surface area contributed by atoms with Crippen LogP contribution in [0.15, 0.2) is 12.1 Å². The number of carbonyl (C=O) groups is 2. The monoisotopic (exact) mass is 397 g/mol. The van der Waals surface area contributed by atoms with Crippen molar-refractivity contribution in [3.63, 3.8) is 0 Å². The Kier molecular flexibility index (Phi) is 7.74. The average Bonchev–Trinajstić information content (AvgIpc) is 2.63. The third kappa shape index (κ3) is 6.29. The van der Waals surface area contributed by atoms with Gasteiger partial charge in [0.2, 0.25) is 5.91 Å². The molecule has 0 unspecified atom stereocenters. The van der Waals surface area contributed by atoms with Gasteiger partial charge >= 0.3 is 6.09 Å². The highest BCUT2D eigenvalue weighted by Crippen LogP contribution is 2.30. The maximum Gasteiger partial charge on any atom is 0.409 e. The number of benzene rings is 1. The number of anilines is 1.